The molecule has 0 amide bonds. The maximum Gasteiger partial charge on any atom is 0.355 e. The van der Waals surface area contributed by atoms with E-state index in [4.69, 9.17) is 14.1 Å². The second-order valence-corrected chi connectivity index (χ2v) is 2.21. The summed E-state index contributed by atoms with van der Waals surface area (Å²) in [7, 11) is 0. The summed E-state index contributed by atoms with van der Waals surface area (Å²) in [5, 5.41) is 8.56. The highest BCUT2D eigenvalue weighted by Gasteiger charge is 2.16. The molecule has 0 radical (unpaired) electrons. The molecular formula is C8H3NO3. The van der Waals surface area contributed by atoms with Crippen LogP contribution in [0.15, 0.2) is 32.2 Å². The predicted octanol–water partition coefficient (Wildman–Crippen LogP) is 1.21. The van der Waals surface area contributed by atoms with E-state index in [1.165, 1.54) is 18.6 Å². The van der Waals surface area contributed by atoms with Gasteiger partial charge >= 0.3 is 5.63 Å². The van der Waals surface area contributed by atoms with Gasteiger partial charge in [0, 0.05) is 5.56 Å². The molecule has 0 aliphatic carbocycles. The minimum Gasteiger partial charge on any atom is -0.469 e. The summed E-state index contributed by atoms with van der Waals surface area (Å²) >= 11 is 0. The standard InChI is InChI=1S/C8H3NO3/c9-3-6-5-1-2-11-4-7(5)12-8(6)10/h1-2,4H. The molecule has 4 heteroatoms. The van der Waals surface area contributed by atoms with Crippen LogP contribution < -0.4 is 5.63 Å². The molecule has 2 aliphatic heterocycles. The molecule has 2 heterocycles. The van der Waals surface area contributed by atoms with Crippen LogP contribution in [0.2, 0.25) is 0 Å². The fourth-order valence-electron chi connectivity index (χ4n) is 1.01. The first-order chi connectivity index (χ1) is 5.83. The Bertz CT molecular complexity index is 474. The Morgan fingerprint density at radius 1 is 1.50 bits per heavy atom. The number of furan rings is 1. The monoisotopic (exact) mass is 161 g/mol. The van der Waals surface area contributed by atoms with Gasteiger partial charge in [0.15, 0.2) is 5.76 Å². The molecule has 0 aromatic rings. The average Bonchev–Trinajstić information content (AvgIpc) is 2.40. The molecule has 0 saturated heterocycles. The van der Waals surface area contributed by atoms with Crippen LogP contribution in [-0.2, 0) is 0 Å². The first kappa shape index (κ1) is 6.68. The number of fused-ring (bicyclic) bond motifs is 1. The molecule has 0 bridgehead atoms. The third kappa shape index (κ3) is 0.736. The molecule has 2 aliphatic rings. The number of nitriles is 1. The molecule has 0 spiro atoms. The molecule has 0 aromatic carbocycles. The van der Waals surface area contributed by atoms with Gasteiger partial charge in [-0.05, 0) is 6.07 Å². The number of nitrogens with zero attached hydrogens (tertiary/aromatic N) is 1. The Balaban J connectivity index is 2.92. The normalized spacial score (nSPS) is 9.92. The molecular weight excluding hydrogens is 158 g/mol. The van der Waals surface area contributed by atoms with Crippen molar-refractivity contribution in [3.8, 4) is 17.4 Å². The van der Waals surface area contributed by atoms with Crippen molar-refractivity contribution in [2.24, 2.45) is 0 Å². The van der Waals surface area contributed by atoms with E-state index in [2.05, 4.69) is 0 Å². The van der Waals surface area contributed by atoms with E-state index in [0.717, 1.165) is 0 Å². The van der Waals surface area contributed by atoms with E-state index in [-0.39, 0.29) is 5.56 Å². The Hall–Kier alpha value is -2.02. The van der Waals surface area contributed by atoms with Crippen LogP contribution in [0.1, 0.15) is 5.56 Å². The highest BCUT2D eigenvalue weighted by atomic mass is 16.4. The van der Waals surface area contributed by atoms with Crippen LogP contribution in [-0.4, -0.2) is 0 Å². The summed E-state index contributed by atoms with van der Waals surface area (Å²) in [6, 6.07) is 3.30. The van der Waals surface area contributed by atoms with Gasteiger partial charge in [-0.3, -0.25) is 0 Å². The fourth-order valence-corrected chi connectivity index (χ4v) is 1.01. The molecule has 0 saturated carbocycles. The van der Waals surface area contributed by atoms with Gasteiger partial charge in [-0.15, -0.1) is 0 Å². The van der Waals surface area contributed by atoms with E-state index in [1.54, 1.807) is 6.07 Å². The molecule has 0 aromatic heterocycles. The quantitative estimate of drug-likeness (QED) is 0.582. The Kier molecular flexibility index (Phi) is 1.25. The second kappa shape index (κ2) is 2.24. The molecule has 4 nitrogen and oxygen atoms in total. The molecule has 0 N–H and O–H groups in total. The van der Waals surface area contributed by atoms with Gasteiger partial charge in [-0.2, -0.15) is 5.26 Å². The van der Waals surface area contributed by atoms with Gasteiger partial charge in [0.05, 0.1) is 6.26 Å². The van der Waals surface area contributed by atoms with E-state index in [9.17, 15) is 4.79 Å². The summed E-state index contributed by atoms with van der Waals surface area (Å²) < 4.78 is 9.48. The number of hydrogen-bond donors (Lipinski definition) is 0. The predicted molar refractivity (Wildman–Crippen MR) is 38.6 cm³/mol. The lowest BCUT2D eigenvalue weighted by molar-refractivity contribution is 0.493. The summed E-state index contributed by atoms with van der Waals surface area (Å²) in [6.45, 7) is 0. The van der Waals surface area contributed by atoms with Gasteiger partial charge in [0.2, 0.25) is 0 Å². The van der Waals surface area contributed by atoms with Crippen LogP contribution in [0.3, 0.4) is 0 Å². The lowest BCUT2D eigenvalue weighted by atomic mass is 10.1. The van der Waals surface area contributed by atoms with Crippen molar-refractivity contribution in [3.05, 3.63) is 34.6 Å². The third-order valence-electron chi connectivity index (χ3n) is 1.54. The zero-order valence-electron chi connectivity index (χ0n) is 5.90. The maximum atomic E-state index is 10.9. The Morgan fingerprint density at radius 2 is 2.33 bits per heavy atom. The van der Waals surface area contributed by atoms with Crippen LogP contribution >= 0.6 is 0 Å². The van der Waals surface area contributed by atoms with E-state index >= 15 is 0 Å². The van der Waals surface area contributed by atoms with E-state index in [1.807, 2.05) is 0 Å². The van der Waals surface area contributed by atoms with Crippen LogP contribution in [0.4, 0.5) is 0 Å². The largest absolute Gasteiger partial charge is 0.469 e. The molecule has 0 unspecified atom stereocenters. The smallest absolute Gasteiger partial charge is 0.355 e. The second-order valence-electron chi connectivity index (χ2n) is 2.21. The SMILES string of the molecule is N#Cc1c2ccocc-2oc1=O. The topological polar surface area (TPSA) is 67.1 Å². The molecule has 0 fully saturated rings. The third-order valence-corrected chi connectivity index (χ3v) is 1.54. The molecule has 58 valence electrons. The Labute approximate surface area is 67.0 Å². The van der Waals surface area contributed by atoms with E-state index < -0.39 is 5.63 Å². The van der Waals surface area contributed by atoms with Crippen LogP contribution in [0.5, 0.6) is 0 Å². The van der Waals surface area contributed by atoms with Crippen molar-refractivity contribution < 1.29 is 8.83 Å². The van der Waals surface area contributed by atoms with Crippen molar-refractivity contribution in [2.45, 2.75) is 0 Å². The lowest BCUT2D eigenvalue weighted by Crippen LogP contribution is -1.95. The average molecular weight is 161 g/mol. The Morgan fingerprint density at radius 3 is 3.08 bits per heavy atom. The zero-order valence-corrected chi connectivity index (χ0v) is 5.90. The van der Waals surface area contributed by atoms with Crippen molar-refractivity contribution in [3.63, 3.8) is 0 Å². The minimum absolute atomic E-state index is 0.0285. The summed E-state index contributed by atoms with van der Waals surface area (Å²) in [5.41, 5.74) is -0.0940. The summed E-state index contributed by atoms with van der Waals surface area (Å²) in [4.78, 5) is 10.9. The van der Waals surface area contributed by atoms with Crippen LogP contribution in [0, 0.1) is 11.3 Å². The van der Waals surface area contributed by atoms with E-state index in [0.29, 0.717) is 11.3 Å². The van der Waals surface area contributed by atoms with Crippen molar-refractivity contribution in [2.75, 3.05) is 0 Å². The maximum absolute atomic E-state index is 10.9. The van der Waals surface area contributed by atoms with Gasteiger partial charge < -0.3 is 8.83 Å². The first-order valence-electron chi connectivity index (χ1n) is 3.22. The molecule has 2 rings (SSSR count). The van der Waals surface area contributed by atoms with Crippen molar-refractivity contribution in [1.82, 2.24) is 0 Å². The lowest BCUT2D eigenvalue weighted by Gasteiger charge is -1.90. The summed E-state index contributed by atoms with van der Waals surface area (Å²) in [5.74, 6) is 0.305. The van der Waals surface area contributed by atoms with Gasteiger partial charge in [0.25, 0.3) is 0 Å². The first-order valence-corrected chi connectivity index (χ1v) is 3.22. The highest BCUT2D eigenvalue weighted by molar-refractivity contribution is 5.65. The fraction of sp³-hybridized carbons (Fsp3) is 0. The zero-order chi connectivity index (χ0) is 8.55. The number of hydrogen-bond acceptors (Lipinski definition) is 4. The summed E-state index contributed by atoms with van der Waals surface area (Å²) in [6.07, 6.45) is 2.68. The van der Waals surface area contributed by atoms with Gasteiger partial charge in [-0.25, -0.2) is 4.79 Å². The molecule has 12 heavy (non-hydrogen) atoms. The van der Waals surface area contributed by atoms with Gasteiger partial charge in [-0.1, -0.05) is 0 Å². The van der Waals surface area contributed by atoms with Gasteiger partial charge in [0.1, 0.15) is 17.9 Å². The molecule has 0 atom stereocenters. The minimum atomic E-state index is -0.617. The van der Waals surface area contributed by atoms with Crippen molar-refractivity contribution in [1.29, 1.82) is 5.26 Å². The van der Waals surface area contributed by atoms with Crippen molar-refractivity contribution >= 4 is 0 Å². The van der Waals surface area contributed by atoms with Crippen LogP contribution in [0.25, 0.3) is 11.3 Å². The highest BCUT2D eigenvalue weighted by Crippen LogP contribution is 2.22. The number of rotatable bonds is 0.